The van der Waals surface area contributed by atoms with Gasteiger partial charge < -0.3 is 14.2 Å². The lowest BCUT2D eigenvalue weighted by atomic mass is 10.0. The summed E-state index contributed by atoms with van der Waals surface area (Å²) in [6.07, 6.45) is -0.726. The van der Waals surface area contributed by atoms with Crippen LogP contribution < -0.4 is 10.3 Å². The van der Waals surface area contributed by atoms with Crippen LogP contribution in [0.1, 0.15) is 17.1 Å². The molecular formula is C14H10F3N5O3. The molecule has 8 nitrogen and oxygen atoms in total. The van der Waals surface area contributed by atoms with Crippen LogP contribution in [-0.2, 0) is 12.6 Å². The third-order valence-corrected chi connectivity index (χ3v) is 3.25. The van der Waals surface area contributed by atoms with Gasteiger partial charge in [0.05, 0.1) is 7.11 Å². The Bertz CT molecular complexity index is 951. The van der Waals surface area contributed by atoms with Crippen LogP contribution in [0.3, 0.4) is 0 Å². The first-order chi connectivity index (χ1) is 11.9. The molecule has 0 radical (unpaired) electrons. The van der Waals surface area contributed by atoms with Crippen molar-refractivity contribution in [2.24, 2.45) is 0 Å². The number of hydrogen-bond donors (Lipinski definition) is 1. The topological polar surface area (TPSA) is 107 Å². The third kappa shape index (κ3) is 3.34. The highest BCUT2D eigenvalue weighted by Crippen LogP contribution is 2.30. The van der Waals surface area contributed by atoms with Crippen LogP contribution in [0, 0.1) is 0 Å². The molecule has 3 aromatic rings. The summed E-state index contributed by atoms with van der Waals surface area (Å²) in [5, 5.41) is 3.31. The van der Waals surface area contributed by atoms with Gasteiger partial charge in [-0.15, -0.1) is 0 Å². The van der Waals surface area contributed by atoms with Gasteiger partial charge in [0.25, 0.3) is 5.56 Å². The van der Waals surface area contributed by atoms with Gasteiger partial charge in [-0.25, -0.2) is 4.98 Å². The largest absolute Gasteiger partial charge is 0.480 e. The monoisotopic (exact) mass is 353 g/mol. The summed E-state index contributed by atoms with van der Waals surface area (Å²) in [6, 6.07) is 1.38. The molecule has 0 bridgehead atoms. The number of aromatic amines is 1. The molecule has 0 atom stereocenters. The first-order valence-electron chi connectivity index (χ1n) is 6.86. The van der Waals surface area contributed by atoms with Crippen molar-refractivity contribution in [3.05, 3.63) is 52.2 Å². The van der Waals surface area contributed by atoms with Crippen LogP contribution in [0.4, 0.5) is 13.2 Å². The van der Waals surface area contributed by atoms with E-state index in [2.05, 4.69) is 29.6 Å². The summed E-state index contributed by atoms with van der Waals surface area (Å²) < 4.78 is 47.2. The molecule has 3 heterocycles. The Morgan fingerprint density at radius 3 is 2.72 bits per heavy atom. The zero-order chi connectivity index (χ0) is 18.0. The smallest absolute Gasteiger partial charge is 0.471 e. The molecule has 0 amide bonds. The average Bonchev–Trinajstić information content (AvgIpc) is 3.07. The highest BCUT2D eigenvalue weighted by Gasteiger charge is 2.38. The lowest BCUT2D eigenvalue weighted by molar-refractivity contribution is -0.159. The predicted octanol–water partition coefficient (Wildman–Crippen LogP) is 1.83. The average molecular weight is 353 g/mol. The summed E-state index contributed by atoms with van der Waals surface area (Å²) in [7, 11) is 1.39. The van der Waals surface area contributed by atoms with Gasteiger partial charge in [-0.1, -0.05) is 5.16 Å². The van der Waals surface area contributed by atoms with Gasteiger partial charge >= 0.3 is 12.1 Å². The molecule has 0 saturated heterocycles. The van der Waals surface area contributed by atoms with Crippen LogP contribution in [-0.4, -0.2) is 32.2 Å². The molecule has 0 aromatic carbocycles. The summed E-state index contributed by atoms with van der Waals surface area (Å²) in [5.41, 5.74) is 0.0117. The molecular weight excluding hydrogens is 343 g/mol. The highest BCUT2D eigenvalue weighted by molar-refractivity contribution is 5.59. The van der Waals surface area contributed by atoms with Crippen LogP contribution in [0.15, 0.2) is 34.0 Å². The number of aromatic nitrogens is 5. The van der Waals surface area contributed by atoms with Gasteiger partial charge in [0.1, 0.15) is 5.69 Å². The maximum absolute atomic E-state index is 12.6. The van der Waals surface area contributed by atoms with Crippen molar-refractivity contribution in [1.82, 2.24) is 25.1 Å². The molecule has 1 N–H and O–H groups in total. The van der Waals surface area contributed by atoms with E-state index >= 15 is 0 Å². The van der Waals surface area contributed by atoms with Crippen molar-refractivity contribution >= 4 is 0 Å². The van der Waals surface area contributed by atoms with Crippen molar-refractivity contribution in [2.75, 3.05) is 7.11 Å². The quantitative estimate of drug-likeness (QED) is 0.762. The van der Waals surface area contributed by atoms with E-state index in [1.807, 2.05) is 0 Å². The molecule has 0 aliphatic carbocycles. The molecule has 3 rings (SSSR count). The second-order valence-corrected chi connectivity index (χ2v) is 4.81. The molecule has 0 saturated carbocycles. The molecule has 0 fully saturated rings. The van der Waals surface area contributed by atoms with E-state index in [1.54, 1.807) is 0 Å². The number of ether oxygens (including phenoxy) is 1. The van der Waals surface area contributed by atoms with Crippen molar-refractivity contribution in [2.45, 2.75) is 12.6 Å². The van der Waals surface area contributed by atoms with Crippen LogP contribution >= 0.6 is 0 Å². The standard InChI is InChI=1S/C14H10F3N5O3/c1-24-12-9(18-4-5-20-12)6-8-7(2-3-19-11(8)23)10-21-13(25-22-10)14(15,16)17/h2-5H,6H2,1H3,(H,19,23). The van der Waals surface area contributed by atoms with Gasteiger partial charge in [-0.05, 0) is 6.07 Å². The molecule has 0 aliphatic heterocycles. The minimum absolute atomic E-state index is 0.0432. The zero-order valence-electron chi connectivity index (χ0n) is 12.7. The van der Waals surface area contributed by atoms with E-state index in [0.29, 0.717) is 5.69 Å². The third-order valence-electron chi connectivity index (χ3n) is 3.25. The Kier molecular flexibility index (Phi) is 4.21. The number of methoxy groups -OCH3 is 1. The van der Waals surface area contributed by atoms with Gasteiger partial charge in [-0.2, -0.15) is 18.2 Å². The Morgan fingerprint density at radius 2 is 2.04 bits per heavy atom. The van der Waals surface area contributed by atoms with Crippen LogP contribution in [0.2, 0.25) is 0 Å². The van der Waals surface area contributed by atoms with Gasteiger partial charge in [0.15, 0.2) is 0 Å². The minimum atomic E-state index is -4.78. The summed E-state index contributed by atoms with van der Waals surface area (Å²) >= 11 is 0. The van der Waals surface area contributed by atoms with Gasteiger partial charge in [0.2, 0.25) is 11.7 Å². The number of halogens is 3. The summed E-state index contributed by atoms with van der Waals surface area (Å²) in [6.45, 7) is 0. The highest BCUT2D eigenvalue weighted by atomic mass is 19.4. The maximum atomic E-state index is 12.6. The molecule has 3 aromatic heterocycles. The van der Waals surface area contributed by atoms with Crippen molar-refractivity contribution in [1.29, 1.82) is 0 Å². The Morgan fingerprint density at radius 1 is 1.28 bits per heavy atom. The number of hydrogen-bond acceptors (Lipinski definition) is 7. The number of rotatable bonds is 4. The fourth-order valence-corrected chi connectivity index (χ4v) is 2.16. The first-order valence-corrected chi connectivity index (χ1v) is 6.86. The maximum Gasteiger partial charge on any atom is 0.471 e. The number of nitrogens with zero attached hydrogens (tertiary/aromatic N) is 4. The van der Waals surface area contributed by atoms with E-state index in [-0.39, 0.29) is 29.3 Å². The fourth-order valence-electron chi connectivity index (χ4n) is 2.16. The lowest BCUT2D eigenvalue weighted by Crippen LogP contribution is -2.15. The minimum Gasteiger partial charge on any atom is -0.480 e. The molecule has 0 spiro atoms. The summed E-state index contributed by atoms with van der Waals surface area (Å²) in [5.74, 6) is -1.65. The number of pyridine rings is 1. The van der Waals surface area contributed by atoms with E-state index < -0.39 is 17.6 Å². The Balaban J connectivity index is 2.07. The molecule has 0 unspecified atom stereocenters. The van der Waals surface area contributed by atoms with E-state index in [1.165, 1.54) is 31.8 Å². The first kappa shape index (κ1) is 16.6. The van der Waals surface area contributed by atoms with E-state index in [9.17, 15) is 18.0 Å². The van der Waals surface area contributed by atoms with Crippen LogP contribution in [0.25, 0.3) is 11.4 Å². The summed E-state index contributed by atoms with van der Waals surface area (Å²) in [4.78, 5) is 26.0. The Labute approximate surface area is 137 Å². The molecule has 0 aliphatic rings. The van der Waals surface area contributed by atoms with Crippen molar-refractivity contribution < 1.29 is 22.4 Å². The number of H-pyrrole nitrogens is 1. The SMILES string of the molecule is COc1nccnc1Cc1c(-c2noc(C(F)(F)F)n2)cc[nH]c1=O. The van der Waals surface area contributed by atoms with Gasteiger partial charge in [-0.3, -0.25) is 9.78 Å². The normalized spacial score (nSPS) is 11.5. The zero-order valence-corrected chi connectivity index (χ0v) is 12.7. The predicted molar refractivity (Wildman–Crippen MR) is 76.7 cm³/mol. The van der Waals surface area contributed by atoms with E-state index in [4.69, 9.17) is 4.74 Å². The number of alkyl halides is 3. The second kappa shape index (κ2) is 6.34. The molecule has 11 heteroatoms. The van der Waals surface area contributed by atoms with Crippen LogP contribution in [0.5, 0.6) is 5.88 Å². The Hall–Kier alpha value is -3.24. The lowest BCUT2D eigenvalue weighted by Gasteiger charge is -2.07. The van der Waals surface area contributed by atoms with E-state index in [0.717, 1.165) is 0 Å². The number of nitrogens with one attached hydrogen (secondary N) is 1. The molecule has 25 heavy (non-hydrogen) atoms. The van der Waals surface area contributed by atoms with Gasteiger partial charge in [0, 0.05) is 36.1 Å². The molecule has 130 valence electrons. The van der Waals surface area contributed by atoms with Crippen molar-refractivity contribution in [3.63, 3.8) is 0 Å². The second-order valence-electron chi connectivity index (χ2n) is 4.81. The fraction of sp³-hybridized carbons (Fsp3) is 0.214. The van der Waals surface area contributed by atoms with Crippen molar-refractivity contribution in [3.8, 4) is 17.3 Å².